The van der Waals surface area contributed by atoms with Crippen molar-refractivity contribution in [3.8, 4) is 5.75 Å². The average molecular weight is 340 g/mol. The van der Waals surface area contributed by atoms with Crippen LogP contribution < -0.4 is 15.4 Å². The van der Waals surface area contributed by atoms with Crippen LogP contribution in [-0.4, -0.2) is 17.9 Å². The number of hydrogen-bond acceptors (Lipinski definition) is 3. The number of amides is 2. The largest absolute Gasteiger partial charge is 0.491 e. The van der Waals surface area contributed by atoms with Crippen molar-refractivity contribution in [3.63, 3.8) is 0 Å². The molecular formula is C20H24N2O3. The molecule has 0 aliphatic heterocycles. The van der Waals surface area contributed by atoms with E-state index in [1.165, 1.54) is 0 Å². The van der Waals surface area contributed by atoms with E-state index < -0.39 is 11.8 Å². The molecule has 25 heavy (non-hydrogen) atoms. The molecule has 0 saturated carbocycles. The van der Waals surface area contributed by atoms with Gasteiger partial charge in [-0.2, -0.15) is 0 Å². The molecule has 0 aliphatic rings. The lowest BCUT2D eigenvalue weighted by Crippen LogP contribution is -2.29. The van der Waals surface area contributed by atoms with Gasteiger partial charge >= 0.3 is 11.8 Å². The van der Waals surface area contributed by atoms with Crippen molar-refractivity contribution in [1.29, 1.82) is 0 Å². The van der Waals surface area contributed by atoms with Crippen LogP contribution in [0.2, 0.25) is 0 Å². The first-order valence-electron chi connectivity index (χ1n) is 8.38. The molecule has 5 heteroatoms. The Balaban J connectivity index is 2.02. The zero-order valence-electron chi connectivity index (χ0n) is 15.1. The quantitative estimate of drug-likeness (QED) is 0.811. The summed E-state index contributed by atoms with van der Waals surface area (Å²) in [7, 11) is 0. The zero-order chi connectivity index (χ0) is 18.4. The molecule has 0 spiro atoms. The number of hydrogen-bond donors (Lipinski definition) is 2. The van der Waals surface area contributed by atoms with E-state index in [2.05, 4.69) is 10.6 Å². The third-order valence-corrected chi connectivity index (χ3v) is 3.67. The molecule has 0 bridgehead atoms. The van der Waals surface area contributed by atoms with Crippen LogP contribution in [0.1, 0.15) is 31.9 Å². The molecule has 2 amide bonds. The van der Waals surface area contributed by atoms with Gasteiger partial charge in [0.25, 0.3) is 0 Å². The number of para-hydroxylation sites is 1. The number of benzene rings is 2. The maximum Gasteiger partial charge on any atom is 0.314 e. The molecular weight excluding hydrogens is 316 g/mol. The van der Waals surface area contributed by atoms with Gasteiger partial charge in [0.05, 0.1) is 6.10 Å². The monoisotopic (exact) mass is 340 g/mol. The maximum atomic E-state index is 12.2. The summed E-state index contributed by atoms with van der Waals surface area (Å²) in [5.41, 5.74) is 3.16. The van der Waals surface area contributed by atoms with Crippen LogP contribution in [0.15, 0.2) is 42.5 Å². The molecule has 2 rings (SSSR count). The third kappa shape index (κ3) is 5.08. The van der Waals surface area contributed by atoms with E-state index in [0.29, 0.717) is 17.1 Å². The minimum Gasteiger partial charge on any atom is -0.491 e. The van der Waals surface area contributed by atoms with E-state index >= 15 is 0 Å². The van der Waals surface area contributed by atoms with E-state index in [0.717, 1.165) is 17.5 Å². The van der Waals surface area contributed by atoms with Gasteiger partial charge in [-0.3, -0.25) is 9.59 Å². The Kier molecular flexibility index (Phi) is 6.17. The lowest BCUT2D eigenvalue weighted by molar-refractivity contribution is -0.133. The summed E-state index contributed by atoms with van der Waals surface area (Å²) in [6.45, 7) is 7.79. The minimum absolute atomic E-state index is 0.0769. The molecule has 2 aromatic carbocycles. The Morgan fingerprint density at radius 3 is 2.24 bits per heavy atom. The van der Waals surface area contributed by atoms with Gasteiger partial charge in [-0.25, -0.2) is 0 Å². The predicted octanol–water partition coefficient (Wildman–Crippen LogP) is 3.92. The topological polar surface area (TPSA) is 67.4 Å². The van der Waals surface area contributed by atoms with Crippen molar-refractivity contribution in [2.24, 2.45) is 0 Å². The number of carbonyl (C=O) groups excluding carboxylic acids is 2. The van der Waals surface area contributed by atoms with Crippen molar-refractivity contribution >= 4 is 23.2 Å². The van der Waals surface area contributed by atoms with E-state index in [1.807, 2.05) is 45.9 Å². The van der Waals surface area contributed by atoms with Gasteiger partial charge in [-0.05, 0) is 62.6 Å². The predicted molar refractivity (Wildman–Crippen MR) is 100 cm³/mol. The summed E-state index contributed by atoms with van der Waals surface area (Å²) in [4.78, 5) is 24.3. The van der Waals surface area contributed by atoms with Gasteiger partial charge in [-0.1, -0.05) is 25.1 Å². The van der Waals surface area contributed by atoms with Crippen LogP contribution in [0.25, 0.3) is 0 Å². The summed E-state index contributed by atoms with van der Waals surface area (Å²) in [6, 6.07) is 12.7. The average Bonchev–Trinajstić information content (AvgIpc) is 2.57. The first kappa shape index (κ1) is 18.5. The number of carbonyl (C=O) groups is 2. The summed E-state index contributed by atoms with van der Waals surface area (Å²) in [6.07, 6.45) is 0.851. The van der Waals surface area contributed by atoms with Crippen molar-refractivity contribution in [2.45, 2.75) is 40.2 Å². The van der Waals surface area contributed by atoms with Crippen molar-refractivity contribution in [3.05, 3.63) is 53.6 Å². The fourth-order valence-corrected chi connectivity index (χ4v) is 2.45. The Morgan fingerprint density at radius 2 is 1.64 bits per heavy atom. The van der Waals surface area contributed by atoms with Crippen molar-refractivity contribution in [1.82, 2.24) is 0 Å². The molecule has 132 valence electrons. The third-order valence-electron chi connectivity index (χ3n) is 3.67. The van der Waals surface area contributed by atoms with E-state index in [9.17, 15) is 9.59 Å². The van der Waals surface area contributed by atoms with Crippen LogP contribution in [0, 0.1) is 6.92 Å². The fourth-order valence-electron chi connectivity index (χ4n) is 2.45. The van der Waals surface area contributed by atoms with Crippen molar-refractivity contribution in [2.75, 3.05) is 10.6 Å². The highest BCUT2D eigenvalue weighted by Gasteiger charge is 2.16. The second-order valence-corrected chi connectivity index (χ2v) is 6.06. The fraction of sp³-hybridized carbons (Fsp3) is 0.300. The second-order valence-electron chi connectivity index (χ2n) is 6.06. The Bertz CT molecular complexity index is 752. The van der Waals surface area contributed by atoms with Crippen molar-refractivity contribution < 1.29 is 14.3 Å². The zero-order valence-corrected chi connectivity index (χ0v) is 15.1. The van der Waals surface area contributed by atoms with Gasteiger partial charge in [0.15, 0.2) is 0 Å². The van der Waals surface area contributed by atoms with Crippen LogP contribution in [0.4, 0.5) is 11.4 Å². The molecule has 0 atom stereocenters. The molecule has 0 aromatic heterocycles. The Morgan fingerprint density at radius 1 is 1.00 bits per heavy atom. The highest BCUT2D eigenvalue weighted by atomic mass is 16.5. The highest BCUT2D eigenvalue weighted by Crippen LogP contribution is 2.21. The SMILES string of the molecule is CCc1cccc(C)c1NC(=O)C(=O)Nc1ccc(OC(C)C)cc1. The smallest absolute Gasteiger partial charge is 0.314 e. The molecule has 0 fully saturated rings. The number of ether oxygens (including phenoxy) is 1. The normalized spacial score (nSPS) is 10.4. The lowest BCUT2D eigenvalue weighted by atomic mass is 10.1. The van der Waals surface area contributed by atoms with E-state index in [-0.39, 0.29) is 6.10 Å². The molecule has 0 saturated heterocycles. The first-order chi connectivity index (χ1) is 11.9. The minimum atomic E-state index is -0.706. The van der Waals surface area contributed by atoms with E-state index in [4.69, 9.17) is 4.74 Å². The van der Waals surface area contributed by atoms with Crippen LogP contribution in [0.5, 0.6) is 5.75 Å². The first-order valence-corrected chi connectivity index (χ1v) is 8.38. The Labute approximate surface area is 148 Å². The summed E-state index contributed by atoms with van der Waals surface area (Å²) >= 11 is 0. The summed E-state index contributed by atoms with van der Waals surface area (Å²) in [5, 5.41) is 5.30. The molecule has 0 heterocycles. The molecule has 2 aromatic rings. The van der Waals surface area contributed by atoms with Crippen LogP contribution in [0.3, 0.4) is 0 Å². The Hall–Kier alpha value is -2.82. The summed E-state index contributed by atoms with van der Waals surface area (Å²) < 4.78 is 5.55. The van der Waals surface area contributed by atoms with Crippen LogP contribution in [-0.2, 0) is 16.0 Å². The van der Waals surface area contributed by atoms with E-state index in [1.54, 1.807) is 24.3 Å². The number of nitrogens with one attached hydrogen (secondary N) is 2. The van der Waals surface area contributed by atoms with Gasteiger partial charge in [-0.15, -0.1) is 0 Å². The van der Waals surface area contributed by atoms with Crippen LogP contribution >= 0.6 is 0 Å². The maximum absolute atomic E-state index is 12.2. The molecule has 0 unspecified atom stereocenters. The van der Waals surface area contributed by atoms with Gasteiger partial charge in [0.2, 0.25) is 0 Å². The molecule has 5 nitrogen and oxygen atoms in total. The van der Waals surface area contributed by atoms with Gasteiger partial charge in [0.1, 0.15) is 5.75 Å². The number of rotatable bonds is 5. The van der Waals surface area contributed by atoms with Gasteiger partial charge < -0.3 is 15.4 Å². The highest BCUT2D eigenvalue weighted by molar-refractivity contribution is 6.43. The standard InChI is InChI=1S/C20H24N2O3/c1-5-15-8-6-7-14(4)18(15)22-20(24)19(23)21-16-9-11-17(12-10-16)25-13(2)3/h6-13H,5H2,1-4H3,(H,21,23)(H,22,24). The lowest BCUT2D eigenvalue weighted by Gasteiger charge is -2.13. The number of anilines is 2. The van der Waals surface area contributed by atoms with Gasteiger partial charge in [0, 0.05) is 11.4 Å². The molecule has 0 aliphatic carbocycles. The summed E-state index contributed by atoms with van der Waals surface area (Å²) in [5.74, 6) is -0.681. The number of aryl methyl sites for hydroxylation is 2. The second kappa shape index (κ2) is 8.33. The molecule has 0 radical (unpaired) electrons. The molecule has 2 N–H and O–H groups in total.